The van der Waals surface area contributed by atoms with Gasteiger partial charge in [0, 0.05) is 12.3 Å². The molecule has 1 aliphatic carbocycles. The van der Waals surface area contributed by atoms with Crippen molar-refractivity contribution >= 4 is 11.9 Å². The van der Waals surface area contributed by atoms with Crippen molar-refractivity contribution in [2.45, 2.75) is 33.1 Å². The summed E-state index contributed by atoms with van der Waals surface area (Å²) in [6.45, 7) is 3.82. The number of esters is 2. The van der Waals surface area contributed by atoms with Crippen LogP contribution in [0.15, 0.2) is 12.2 Å². The molecule has 4 heteroatoms. The summed E-state index contributed by atoms with van der Waals surface area (Å²) in [5.74, 6) is 1.02. The van der Waals surface area contributed by atoms with Gasteiger partial charge in [0.15, 0.2) is 5.41 Å². The molecular formula is C15H20O4. The predicted octanol–water partition coefficient (Wildman–Crippen LogP) is 2.09. The molecule has 0 spiro atoms. The van der Waals surface area contributed by atoms with Crippen molar-refractivity contribution in [1.82, 2.24) is 0 Å². The monoisotopic (exact) mass is 264 g/mol. The van der Waals surface area contributed by atoms with E-state index in [0.717, 1.165) is 6.42 Å². The fourth-order valence-electron chi connectivity index (χ4n) is 2.39. The van der Waals surface area contributed by atoms with E-state index < -0.39 is 17.4 Å². The molecule has 0 amide bonds. The number of carbonyl (C=O) groups excluding carboxylic acids is 2. The Balaban J connectivity index is 3.16. The van der Waals surface area contributed by atoms with Gasteiger partial charge in [-0.15, -0.1) is 12.3 Å². The molecular weight excluding hydrogens is 244 g/mol. The first-order chi connectivity index (χ1) is 9.13. The molecule has 0 bridgehead atoms. The number of hydrogen-bond donors (Lipinski definition) is 0. The summed E-state index contributed by atoms with van der Waals surface area (Å²) >= 11 is 0. The normalized spacial score (nSPS) is 17.8. The lowest BCUT2D eigenvalue weighted by molar-refractivity contribution is -0.175. The Bertz CT molecular complexity index is 385. The fourth-order valence-corrected chi connectivity index (χ4v) is 2.39. The minimum absolute atomic E-state index is 0.000324. The summed E-state index contributed by atoms with van der Waals surface area (Å²) in [4.78, 5) is 24.6. The van der Waals surface area contributed by atoms with E-state index in [1.807, 2.05) is 12.2 Å². The van der Waals surface area contributed by atoms with Crippen molar-refractivity contribution < 1.29 is 19.1 Å². The second kappa shape index (κ2) is 6.98. The van der Waals surface area contributed by atoms with Gasteiger partial charge in [0.25, 0.3) is 0 Å². The van der Waals surface area contributed by atoms with Gasteiger partial charge in [-0.1, -0.05) is 12.2 Å². The molecule has 1 rings (SSSR count). The summed E-state index contributed by atoms with van der Waals surface area (Å²) in [6, 6.07) is 0. The van der Waals surface area contributed by atoms with Gasteiger partial charge in [0.2, 0.25) is 0 Å². The van der Waals surface area contributed by atoms with E-state index in [2.05, 4.69) is 5.92 Å². The second-order valence-corrected chi connectivity index (χ2v) is 4.41. The second-order valence-electron chi connectivity index (χ2n) is 4.41. The van der Waals surface area contributed by atoms with Gasteiger partial charge in [-0.25, -0.2) is 0 Å². The zero-order valence-corrected chi connectivity index (χ0v) is 11.5. The molecule has 0 aromatic carbocycles. The summed E-state index contributed by atoms with van der Waals surface area (Å²) < 4.78 is 10.1. The Morgan fingerprint density at radius 2 is 1.89 bits per heavy atom. The molecule has 4 nitrogen and oxygen atoms in total. The van der Waals surface area contributed by atoms with E-state index in [0.29, 0.717) is 6.42 Å². The lowest BCUT2D eigenvalue weighted by atomic mass is 9.72. The quantitative estimate of drug-likeness (QED) is 0.319. The van der Waals surface area contributed by atoms with Gasteiger partial charge in [-0.05, 0) is 26.7 Å². The van der Waals surface area contributed by atoms with E-state index in [1.165, 1.54) is 0 Å². The van der Waals surface area contributed by atoms with Gasteiger partial charge < -0.3 is 9.47 Å². The van der Waals surface area contributed by atoms with Crippen molar-refractivity contribution in [2.24, 2.45) is 11.3 Å². The lowest BCUT2D eigenvalue weighted by Crippen LogP contribution is -2.46. The van der Waals surface area contributed by atoms with Gasteiger partial charge >= 0.3 is 11.9 Å². The van der Waals surface area contributed by atoms with Gasteiger partial charge in [-0.2, -0.15) is 0 Å². The number of rotatable bonds is 6. The highest BCUT2D eigenvalue weighted by Gasteiger charge is 2.53. The first kappa shape index (κ1) is 15.3. The highest BCUT2D eigenvalue weighted by Crippen LogP contribution is 2.41. The summed E-state index contributed by atoms with van der Waals surface area (Å²) in [7, 11) is 0. The molecule has 0 aliphatic heterocycles. The third-order valence-electron chi connectivity index (χ3n) is 3.31. The molecule has 0 radical (unpaired) electrons. The molecule has 0 saturated carbocycles. The van der Waals surface area contributed by atoms with Crippen LogP contribution in [-0.2, 0) is 19.1 Å². The fraction of sp³-hybridized carbons (Fsp3) is 0.600. The molecule has 0 aromatic rings. The SMILES string of the molecule is C#CCC(C(=O)OCC)(C(=O)OCC)C1C=CCC1. The maximum Gasteiger partial charge on any atom is 0.325 e. The van der Waals surface area contributed by atoms with Crippen molar-refractivity contribution in [3.8, 4) is 12.3 Å². The largest absolute Gasteiger partial charge is 0.465 e. The average molecular weight is 264 g/mol. The molecule has 0 saturated heterocycles. The first-order valence-electron chi connectivity index (χ1n) is 6.58. The topological polar surface area (TPSA) is 52.6 Å². The van der Waals surface area contributed by atoms with E-state index >= 15 is 0 Å². The predicted molar refractivity (Wildman–Crippen MR) is 71.0 cm³/mol. The smallest absolute Gasteiger partial charge is 0.325 e. The van der Waals surface area contributed by atoms with Gasteiger partial charge in [0.05, 0.1) is 13.2 Å². The summed E-state index contributed by atoms with van der Waals surface area (Å²) in [5, 5.41) is 0. The van der Waals surface area contributed by atoms with E-state index in [1.54, 1.807) is 13.8 Å². The highest BCUT2D eigenvalue weighted by atomic mass is 16.6. The van der Waals surface area contributed by atoms with Crippen LogP contribution in [0.4, 0.5) is 0 Å². The van der Waals surface area contributed by atoms with Crippen molar-refractivity contribution in [3.63, 3.8) is 0 Å². The Morgan fingerprint density at radius 3 is 2.26 bits per heavy atom. The Labute approximate surface area is 114 Å². The zero-order valence-electron chi connectivity index (χ0n) is 11.5. The molecule has 1 aliphatic rings. The average Bonchev–Trinajstić information content (AvgIpc) is 2.90. The molecule has 0 aromatic heterocycles. The first-order valence-corrected chi connectivity index (χ1v) is 6.58. The minimum atomic E-state index is -1.40. The van der Waals surface area contributed by atoms with Crippen LogP contribution in [0.2, 0.25) is 0 Å². The summed E-state index contributed by atoms with van der Waals surface area (Å²) in [6.07, 6.45) is 10.7. The van der Waals surface area contributed by atoms with Gasteiger partial charge in [-0.3, -0.25) is 9.59 Å². The standard InChI is InChI=1S/C15H20O4/c1-4-11-15(13(16)18-5-2,14(17)19-6-3)12-9-7-8-10-12/h1,7,9,12H,5-6,8,10-11H2,2-3H3. The third-order valence-corrected chi connectivity index (χ3v) is 3.31. The maximum atomic E-state index is 12.3. The van der Waals surface area contributed by atoms with Crippen LogP contribution in [0.3, 0.4) is 0 Å². The Hall–Kier alpha value is -1.76. The number of allylic oxidation sites excluding steroid dienone is 2. The Kier molecular flexibility index (Phi) is 5.62. The van der Waals surface area contributed by atoms with Crippen molar-refractivity contribution in [1.29, 1.82) is 0 Å². The molecule has 104 valence electrons. The molecule has 19 heavy (non-hydrogen) atoms. The molecule has 0 N–H and O–H groups in total. The van der Waals surface area contributed by atoms with E-state index in [9.17, 15) is 9.59 Å². The maximum absolute atomic E-state index is 12.3. The Morgan fingerprint density at radius 1 is 1.32 bits per heavy atom. The van der Waals surface area contributed by atoms with Crippen LogP contribution in [0.5, 0.6) is 0 Å². The van der Waals surface area contributed by atoms with Crippen LogP contribution in [0.25, 0.3) is 0 Å². The van der Waals surface area contributed by atoms with Crippen LogP contribution < -0.4 is 0 Å². The molecule has 1 unspecified atom stereocenters. The number of carbonyl (C=O) groups is 2. The van der Waals surface area contributed by atoms with Gasteiger partial charge in [0.1, 0.15) is 0 Å². The number of hydrogen-bond acceptors (Lipinski definition) is 4. The van der Waals surface area contributed by atoms with Crippen LogP contribution >= 0.6 is 0 Å². The number of terminal acetylenes is 1. The number of ether oxygens (including phenoxy) is 2. The zero-order chi connectivity index (χ0) is 14.3. The van der Waals surface area contributed by atoms with Crippen LogP contribution in [0, 0.1) is 23.7 Å². The van der Waals surface area contributed by atoms with Crippen molar-refractivity contribution in [3.05, 3.63) is 12.2 Å². The highest BCUT2D eigenvalue weighted by molar-refractivity contribution is 6.01. The van der Waals surface area contributed by atoms with E-state index in [-0.39, 0.29) is 25.6 Å². The minimum Gasteiger partial charge on any atom is -0.465 e. The molecule has 0 heterocycles. The molecule has 1 atom stereocenters. The third kappa shape index (κ3) is 2.98. The van der Waals surface area contributed by atoms with Crippen molar-refractivity contribution in [2.75, 3.05) is 13.2 Å². The molecule has 0 fully saturated rings. The summed E-state index contributed by atoms with van der Waals surface area (Å²) in [5.41, 5.74) is -1.40. The van der Waals surface area contributed by atoms with E-state index in [4.69, 9.17) is 15.9 Å². The van der Waals surface area contributed by atoms with Crippen LogP contribution in [-0.4, -0.2) is 25.2 Å². The lowest BCUT2D eigenvalue weighted by Gasteiger charge is -2.32. The van der Waals surface area contributed by atoms with Crippen LogP contribution in [0.1, 0.15) is 33.1 Å².